The lowest BCUT2D eigenvalue weighted by atomic mass is 9.85. The zero-order chi connectivity index (χ0) is 10.8. The number of likely N-dealkylation sites (tertiary alicyclic amines) is 1. The number of hydrogen-bond acceptors (Lipinski definition) is 2. The first-order chi connectivity index (χ1) is 7.20. The molecular formula is C13H25NO. The summed E-state index contributed by atoms with van der Waals surface area (Å²) in [4.78, 5) is 2.66. The van der Waals surface area contributed by atoms with Crippen LogP contribution in [0.15, 0.2) is 0 Å². The van der Waals surface area contributed by atoms with Gasteiger partial charge < -0.3 is 9.64 Å². The summed E-state index contributed by atoms with van der Waals surface area (Å²) in [6.07, 6.45) is 4.67. The zero-order valence-electron chi connectivity index (χ0n) is 10.4. The summed E-state index contributed by atoms with van der Waals surface area (Å²) in [5.41, 5.74) is 0. The summed E-state index contributed by atoms with van der Waals surface area (Å²) in [7, 11) is 1.87. The third kappa shape index (κ3) is 2.94. The Labute approximate surface area is 94.0 Å². The summed E-state index contributed by atoms with van der Waals surface area (Å²) in [5.74, 6) is 2.51. The van der Waals surface area contributed by atoms with Gasteiger partial charge in [0.2, 0.25) is 0 Å². The van der Waals surface area contributed by atoms with E-state index in [9.17, 15) is 0 Å². The summed E-state index contributed by atoms with van der Waals surface area (Å²) >= 11 is 0. The first-order valence-electron chi connectivity index (χ1n) is 6.46. The number of rotatable bonds is 4. The molecule has 1 aliphatic heterocycles. The molecule has 0 amide bonds. The van der Waals surface area contributed by atoms with Crippen LogP contribution in [0.3, 0.4) is 0 Å². The molecule has 2 aliphatic rings. The molecule has 0 spiro atoms. The minimum absolute atomic E-state index is 0.500. The topological polar surface area (TPSA) is 12.5 Å². The van der Waals surface area contributed by atoms with Gasteiger partial charge in [0.1, 0.15) is 0 Å². The van der Waals surface area contributed by atoms with Crippen LogP contribution in [0, 0.1) is 17.8 Å². The lowest BCUT2D eigenvalue weighted by molar-refractivity contribution is -0.0246. The highest BCUT2D eigenvalue weighted by Crippen LogP contribution is 2.33. The summed E-state index contributed by atoms with van der Waals surface area (Å²) < 4.78 is 5.61. The monoisotopic (exact) mass is 211 g/mol. The second-order valence-corrected chi connectivity index (χ2v) is 5.67. The molecule has 0 N–H and O–H groups in total. The van der Waals surface area contributed by atoms with E-state index in [1.807, 2.05) is 7.11 Å². The molecule has 2 rings (SSSR count). The van der Waals surface area contributed by atoms with Crippen molar-refractivity contribution in [3.63, 3.8) is 0 Å². The van der Waals surface area contributed by atoms with Gasteiger partial charge >= 0.3 is 0 Å². The molecule has 0 aromatic rings. The van der Waals surface area contributed by atoms with E-state index in [1.165, 1.54) is 38.9 Å². The van der Waals surface area contributed by atoms with Crippen LogP contribution in [-0.2, 0) is 4.74 Å². The zero-order valence-corrected chi connectivity index (χ0v) is 10.4. The lowest BCUT2D eigenvalue weighted by Crippen LogP contribution is -2.46. The summed E-state index contributed by atoms with van der Waals surface area (Å²) in [5, 5.41) is 0. The quantitative estimate of drug-likeness (QED) is 0.708. The van der Waals surface area contributed by atoms with Gasteiger partial charge in [0, 0.05) is 32.7 Å². The van der Waals surface area contributed by atoms with Crippen molar-refractivity contribution in [2.24, 2.45) is 17.8 Å². The Morgan fingerprint density at radius 2 is 2.00 bits per heavy atom. The van der Waals surface area contributed by atoms with Gasteiger partial charge in [0.25, 0.3) is 0 Å². The molecule has 0 aromatic heterocycles. The normalized spacial score (nSPS) is 33.6. The molecule has 1 saturated heterocycles. The van der Waals surface area contributed by atoms with Crippen molar-refractivity contribution in [3.8, 4) is 0 Å². The van der Waals surface area contributed by atoms with Crippen molar-refractivity contribution >= 4 is 0 Å². The van der Waals surface area contributed by atoms with E-state index < -0.39 is 0 Å². The van der Waals surface area contributed by atoms with E-state index in [-0.39, 0.29) is 0 Å². The first kappa shape index (κ1) is 11.4. The Balaban J connectivity index is 1.86. The van der Waals surface area contributed by atoms with E-state index in [0.29, 0.717) is 6.10 Å². The van der Waals surface area contributed by atoms with E-state index in [1.54, 1.807) is 0 Å². The average molecular weight is 211 g/mol. The number of nitrogens with zero attached hydrogens (tertiary/aromatic N) is 1. The van der Waals surface area contributed by atoms with Gasteiger partial charge in [-0.2, -0.15) is 0 Å². The highest BCUT2D eigenvalue weighted by atomic mass is 16.5. The van der Waals surface area contributed by atoms with Crippen molar-refractivity contribution in [2.45, 2.75) is 39.2 Å². The lowest BCUT2D eigenvalue weighted by Gasteiger charge is -2.40. The van der Waals surface area contributed by atoms with Crippen molar-refractivity contribution in [3.05, 3.63) is 0 Å². The minimum atomic E-state index is 0.500. The van der Waals surface area contributed by atoms with Crippen molar-refractivity contribution in [1.82, 2.24) is 4.90 Å². The fourth-order valence-corrected chi connectivity index (χ4v) is 2.80. The molecule has 1 aliphatic carbocycles. The molecule has 1 heterocycles. The van der Waals surface area contributed by atoms with E-state index in [4.69, 9.17) is 4.74 Å². The molecule has 0 aromatic carbocycles. The Hall–Kier alpha value is -0.0800. The SMILES string of the molecule is CO[C@H]1CCN(CC2CC2)CC1C(C)C. The molecule has 0 radical (unpaired) electrons. The van der Waals surface area contributed by atoms with Gasteiger partial charge in [0.05, 0.1) is 6.10 Å². The molecule has 1 unspecified atom stereocenters. The van der Waals surface area contributed by atoms with E-state index >= 15 is 0 Å². The van der Waals surface area contributed by atoms with E-state index in [2.05, 4.69) is 18.7 Å². The van der Waals surface area contributed by atoms with Gasteiger partial charge in [-0.1, -0.05) is 13.8 Å². The third-order valence-corrected chi connectivity index (χ3v) is 4.05. The predicted octanol–water partition coefficient (Wildman–Crippen LogP) is 2.39. The second-order valence-electron chi connectivity index (χ2n) is 5.67. The Morgan fingerprint density at radius 3 is 2.53 bits per heavy atom. The van der Waals surface area contributed by atoms with Gasteiger partial charge in [-0.25, -0.2) is 0 Å². The van der Waals surface area contributed by atoms with Crippen LogP contribution in [0.4, 0.5) is 0 Å². The number of piperidine rings is 1. The standard InChI is InChI=1S/C13H25NO/c1-10(2)12-9-14(8-11-4-5-11)7-6-13(12)15-3/h10-13H,4-9H2,1-3H3/t12?,13-/m0/s1. The third-order valence-electron chi connectivity index (χ3n) is 4.05. The van der Waals surface area contributed by atoms with Gasteiger partial charge in [0.15, 0.2) is 0 Å². The second kappa shape index (κ2) is 4.84. The molecule has 2 fully saturated rings. The van der Waals surface area contributed by atoms with Gasteiger partial charge in [-0.15, -0.1) is 0 Å². The highest BCUT2D eigenvalue weighted by molar-refractivity contribution is 4.86. The largest absolute Gasteiger partial charge is 0.381 e. The maximum atomic E-state index is 5.61. The summed E-state index contributed by atoms with van der Waals surface area (Å²) in [6, 6.07) is 0. The van der Waals surface area contributed by atoms with E-state index in [0.717, 1.165) is 17.8 Å². The van der Waals surface area contributed by atoms with Crippen molar-refractivity contribution in [1.29, 1.82) is 0 Å². The highest BCUT2D eigenvalue weighted by Gasteiger charge is 2.33. The summed E-state index contributed by atoms with van der Waals surface area (Å²) in [6.45, 7) is 8.51. The molecule has 2 heteroatoms. The molecule has 15 heavy (non-hydrogen) atoms. The molecule has 0 bridgehead atoms. The maximum Gasteiger partial charge on any atom is 0.0626 e. The van der Waals surface area contributed by atoms with Crippen LogP contribution >= 0.6 is 0 Å². The maximum absolute atomic E-state index is 5.61. The van der Waals surface area contributed by atoms with Crippen LogP contribution in [0.5, 0.6) is 0 Å². The fourth-order valence-electron chi connectivity index (χ4n) is 2.80. The van der Waals surface area contributed by atoms with Gasteiger partial charge in [-0.05, 0) is 31.1 Å². The first-order valence-corrected chi connectivity index (χ1v) is 6.46. The smallest absolute Gasteiger partial charge is 0.0626 e. The van der Waals surface area contributed by atoms with Crippen LogP contribution in [0.1, 0.15) is 33.1 Å². The molecular weight excluding hydrogens is 186 g/mol. The van der Waals surface area contributed by atoms with Crippen LogP contribution < -0.4 is 0 Å². The van der Waals surface area contributed by atoms with Crippen molar-refractivity contribution < 1.29 is 4.74 Å². The number of hydrogen-bond donors (Lipinski definition) is 0. The molecule has 1 saturated carbocycles. The Bertz CT molecular complexity index is 201. The predicted molar refractivity (Wildman–Crippen MR) is 62.9 cm³/mol. The average Bonchev–Trinajstić information content (AvgIpc) is 3.01. The number of ether oxygens (including phenoxy) is 1. The van der Waals surface area contributed by atoms with Gasteiger partial charge in [-0.3, -0.25) is 0 Å². The molecule has 2 atom stereocenters. The molecule has 2 nitrogen and oxygen atoms in total. The van der Waals surface area contributed by atoms with Crippen LogP contribution in [0.2, 0.25) is 0 Å². The Kier molecular flexibility index (Phi) is 3.68. The van der Waals surface area contributed by atoms with Crippen molar-refractivity contribution in [2.75, 3.05) is 26.7 Å². The van der Waals surface area contributed by atoms with Crippen LogP contribution in [0.25, 0.3) is 0 Å². The fraction of sp³-hybridized carbons (Fsp3) is 1.00. The van der Waals surface area contributed by atoms with Crippen LogP contribution in [-0.4, -0.2) is 37.7 Å². The number of methoxy groups -OCH3 is 1. The minimum Gasteiger partial charge on any atom is -0.381 e. The Morgan fingerprint density at radius 1 is 1.27 bits per heavy atom. The molecule has 88 valence electrons.